The number of amides is 4. The van der Waals surface area contributed by atoms with Crippen molar-refractivity contribution >= 4 is 17.8 Å². The first-order valence-electron chi connectivity index (χ1n) is 5.89. The van der Waals surface area contributed by atoms with Crippen LogP contribution in [-0.2, 0) is 4.79 Å². The maximum absolute atomic E-state index is 12.2. The lowest BCUT2D eigenvalue weighted by molar-refractivity contribution is -0.130. The van der Waals surface area contributed by atoms with E-state index in [-0.39, 0.29) is 11.2 Å². The van der Waals surface area contributed by atoms with Gasteiger partial charge in [-0.15, -0.1) is 0 Å². The molecule has 1 aromatic rings. The summed E-state index contributed by atoms with van der Waals surface area (Å²) >= 11 is 0. The second-order valence-corrected chi connectivity index (χ2v) is 5.45. The van der Waals surface area contributed by atoms with E-state index in [1.165, 1.54) is 12.3 Å². The van der Waals surface area contributed by atoms with Gasteiger partial charge >= 0.3 is 11.9 Å². The molecule has 3 rings (SSSR count). The van der Waals surface area contributed by atoms with Gasteiger partial charge in [-0.05, 0) is 24.0 Å². The first-order valence-corrected chi connectivity index (χ1v) is 5.89. The van der Waals surface area contributed by atoms with E-state index in [4.69, 9.17) is 4.42 Å². The molecule has 1 aliphatic heterocycles. The highest BCUT2D eigenvalue weighted by molar-refractivity contribution is 6.11. The number of furan rings is 1. The number of carbonyl (C=O) groups excluding carboxylic acids is 3. The van der Waals surface area contributed by atoms with Crippen molar-refractivity contribution in [3.05, 3.63) is 24.2 Å². The van der Waals surface area contributed by atoms with Crippen LogP contribution in [0.5, 0.6) is 0 Å². The predicted molar refractivity (Wildman–Crippen MR) is 62.7 cm³/mol. The van der Waals surface area contributed by atoms with Gasteiger partial charge in [0.05, 0.1) is 6.26 Å². The van der Waals surface area contributed by atoms with Gasteiger partial charge in [0.15, 0.2) is 5.76 Å². The summed E-state index contributed by atoms with van der Waals surface area (Å²) in [6.07, 6.45) is 1.91. The second-order valence-electron chi connectivity index (χ2n) is 5.45. The Morgan fingerprint density at radius 1 is 1.47 bits per heavy atom. The number of nitrogens with zero attached hydrogens (tertiary/aromatic N) is 1. The highest BCUT2D eigenvalue weighted by Gasteiger charge is 2.72. The minimum Gasteiger partial charge on any atom is -0.459 e. The third-order valence-electron chi connectivity index (χ3n) is 3.79. The van der Waals surface area contributed by atoms with Crippen molar-refractivity contribution < 1.29 is 18.8 Å². The summed E-state index contributed by atoms with van der Waals surface area (Å²) in [6, 6.07) is 2.38. The number of urea groups is 1. The molecule has 1 unspecified atom stereocenters. The normalized spacial score (nSPS) is 27.6. The molecule has 0 radical (unpaired) electrons. The van der Waals surface area contributed by atoms with Crippen LogP contribution in [0.1, 0.15) is 30.8 Å². The summed E-state index contributed by atoms with van der Waals surface area (Å²) in [5.74, 6) is -1.02. The smallest absolute Gasteiger partial charge is 0.344 e. The molecule has 4 amide bonds. The predicted octanol–water partition coefficient (Wildman–Crippen LogP) is 0.645. The summed E-state index contributed by atoms with van der Waals surface area (Å²) in [5, 5.41) is 3.36. The first kappa shape index (κ1) is 11.8. The minimum atomic E-state index is -0.874. The molecule has 1 spiro atoms. The van der Waals surface area contributed by atoms with Crippen molar-refractivity contribution in [2.24, 2.45) is 5.41 Å². The van der Waals surface area contributed by atoms with Gasteiger partial charge in [-0.25, -0.2) is 10.2 Å². The van der Waals surface area contributed by atoms with Gasteiger partial charge in [-0.3, -0.25) is 9.59 Å². The van der Waals surface area contributed by atoms with Crippen molar-refractivity contribution in [3.8, 4) is 0 Å². The largest absolute Gasteiger partial charge is 0.459 e. The van der Waals surface area contributed by atoms with Crippen LogP contribution in [-0.4, -0.2) is 28.4 Å². The quantitative estimate of drug-likeness (QED) is 0.766. The lowest BCUT2D eigenvalue weighted by atomic mass is 10.1. The van der Waals surface area contributed by atoms with Crippen LogP contribution >= 0.6 is 0 Å². The molecule has 1 aliphatic carbocycles. The number of nitrogens with one attached hydrogen (secondary N) is 2. The summed E-state index contributed by atoms with van der Waals surface area (Å²) in [6.45, 7) is 3.78. The van der Waals surface area contributed by atoms with E-state index < -0.39 is 23.4 Å². The van der Waals surface area contributed by atoms with E-state index >= 15 is 0 Å². The molecule has 1 aromatic heterocycles. The number of hydrogen-bond donors (Lipinski definition) is 2. The first-order chi connectivity index (χ1) is 8.87. The van der Waals surface area contributed by atoms with E-state index in [2.05, 4.69) is 10.7 Å². The van der Waals surface area contributed by atoms with Crippen LogP contribution in [0.4, 0.5) is 4.79 Å². The molecule has 100 valence electrons. The topological polar surface area (TPSA) is 91.7 Å². The van der Waals surface area contributed by atoms with E-state index in [0.29, 0.717) is 6.42 Å². The van der Waals surface area contributed by atoms with E-state index in [1.54, 1.807) is 6.07 Å². The fourth-order valence-corrected chi connectivity index (χ4v) is 2.44. The fourth-order valence-electron chi connectivity index (χ4n) is 2.44. The molecule has 19 heavy (non-hydrogen) atoms. The molecule has 7 nitrogen and oxygen atoms in total. The average molecular weight is 263 g/mol. The Hall–Kier alpha value is -2.31. The van der Waals surface area contributed by atoms with Gasteiger partial charge in [0.25, 0.3) is 5.91 Å². The molecule has 0 aromatic carbocycles. The van der Waals surface area contributed by atoms with Gasteiger partial charge < -0.3 is 9.73 Å². The highest BCUT2D eigenvalue weighted by Crippen LogP contribution is 2.58. The fraction of sp³-hybridized carbons (Fsp3) is 0.417. The highest BCUT2D eigenvalue weighted by atomic mass is 16.3. The summed E-state index contributed by atoms with van der Waals surface area (Å²) in [7, 11) is 0. The zero-order valence-corrected chi connectivity index (χ0v) is 10.5. The Morgan fingerprint density at radius 2 is 2.16 bits per heavy atom. The lowest BCUT2D eigenvalue weighted by Crippen LogP contribution is -2.47. The Labute approximate surface area is 108 Å². The van der Waals surface area contributed by atoms with E-state index in [9.17, 15) is 14.4 Å². The number of hydrazine groups is 1. The molecule has 2 heterocycles. The third-order valence-corrected chi connectivity index (χ3v) is 3.79. The Balaban J connectivity index is 1.78. The van der Waals surface area contributed by atoms with Crippen LogP contribution < -0.4 is 10.7 Å². The zero-order chi connectivity index (χ0) is 13.8. The number of hydrogen-bond acceptors (Lipinski definition) is 4. The molecule has 1 saturated heterocycles. The molecule has 7 heteroatoms. The number of imide groups is 1. The Morgan fingerprint density at radius 3 is 2.63 bits per heavy atom. The van der Waals surface area contributed by atoms with Gasteiger partial charge in [-0.1, -0.05) is 13.8 Å². The maximum Gasteiger partial charge on any atom is 0.344 e. The zero-order valence-electron chi connectivity index (χ0n) is 10.5. The molecule has 2 fully saturated rings. The van der Waals surface area contributed by atoms with E-state index in [1.807, 2.05) is 13.8 Å². The van der Waals surface area contributed by atoms with Crippen LogP contribution in [0.3, 0.4) is 0 Å². The molecule has 2 N–H and O–H groups in total. The summed E-state index contributed by atoms with van der Waals surface area (Å²) in [4.78, 5) is 35.8. The van der Waals surface area contributed by atoms with Crippen LogP contribution in [0.2, 0.25) is 0 Å². The van der Waals surface area contributed by atoms with Gasteiger partial charge in [0, 0.05) is 0 Å². The van der Waals surface area contributed by atoms with Crippen molar-refractivity contribution in [2.45, 2.75) is 25.8 Å². The summed E-state index contributed by atoms with van der Waals surface area (Å²) < 4.78 is 4.90. The van der Waals surface area contributed by atoms with Crippen molar-refractivity contribution in [2.75, 3.05) is 0 Å². The standard InChI is InChI=1S/C12H13N3O4/c1-11(2)6-12(11)9(17)15(10(18)13-12)14-8(16)7-4-3-5-19-7/h3-5H,6H2,1-2H3,(H,13,18)(H,14,16). The Bertz CT molecular complexity index is 578. The Kier molecular flexibility index (Phi) is 2.09. The molecule has 1 saturated carbocycles. The lowest BCUT2D eigenvalue weighted by Gasteiger charge is -2.14. The third kappa shape index (κ3) is 1.47. The van der Waals surface area contributed by atoms with Gasteiger partial charge in [-0.2, -0.15) is 5.01 Å². The van der Waals surface area contributed by atoms with Crippen LogP contribution in [0.15, 0.2) is 22.8 Å². The number of carbonyl (C=O) groups is 3. The number of rotatable bonds is 2. The van der Waals surface area contributed by atoms with Crippen molar-refractivity contribution in [3.63, 3.8) is 0 Å². The van der Waals surface area contributed by atoms with Gasteiger partial charge in [0.2, 0.25) is 0 Å². The van der Waals surface area contributed by atoms with Crippen molar-refractivity contribution in [1.82, 2.24) is 15.8 Å². The minimum absolute atomic E-state index is 0.0385. The molecule has 2 aliphatic rings. The molecular formula is C12H13N3O4. The second kappa shape index (κ2) is 3.37. The SMILES string of the molecule is CC1(C)CC12NC(=O)N(NC(=O)c1ccco1)C2=O. The molecular weight excluding hydrogens is 250 g/mol. The molecule has 1 atom stereocenters. The molecule has 0 bridgehead atoms. The van der Waals surface area contributed by atoms with Crippen molar-refractivity contribution in [1.29, 1.82) is 0 Å². The van der Waals surface area contributed by atoms with Crippen LogP contribution in [0.25, 0.3) is 0 Å². The van der Waals surface area contributed by atoms with E-state index in [0.717, 1.165) is 5.01 Å². The average Bonchev–Trinajstić information content (AvgIpc) is 2.76. The summed E-state index contributed by atoms with van der Waals surface area (Å²) in [5.41, 5.74) is 1.09. The van der Waals surface area contributed by atoms with Gasteiger partial charge in [0.1, 0.15) is 5.54 Å². The monoisotopic (exact) mass is 263 g/mol. The maximum atomic E-state index is 12.2. The van der Waals surface area contributed by atoms with Crippen LogP contribution in [0, 0.1) is 5.41 Å².